The van der Waals surface area contributed by atoms with Crippen LogP contribution < -0.4 is 16.4 Å². The SMILES string of the molecule is CCCCC(CN)NC(=O)c1cccc(NC(=O)c2cccnc2)c1.Cl.Cl. The van der Waals surface area contributed by atoms with Gasteiger partial charge in [-0.15, -0.1) is 24.8 Å². The number of unbranched alkanes of at least 4 members (excludes halogenated alkanes) is 1. The van der Waals surface area contributed by atoms with E-state index in [-0.39, 0.29) is 42.7 Å². The number of carbonyl (C=O) groups is 2. The van der Waals surface area contributed by atoms with E-state index in [0.717, 1.165) is 19.3 Å². The van der Waals surface area contributed by atoms with Crippen LogP contribution in [0.3, 0.4) is 0 Å². The fraction of sp³-hybridized carbons (Fsp3) is 0.316. The number of nitrogens with one attached hydrogen (secondary N) is 2. The molecule has 1 atom stereocenters. The molecule has 0 radical (unpaired) electrons. The lowest BCUT2D eigenvalue weighted by Gasteiger charge is -2.16. The van der Waals surface area contributed by atoms with Crippen LogP contribution >= 0.6 is 24.8 Å². The van der Waals surface area contributed by atoms with Gasteiger partial charge in [0.1, 0.15) is 0 Å². The zero-order valence-electron chi connectivity index (χ0n) is 15.2. The van der Waals surface area contributed by atoms with Gasteiger partial charge >= 0.3 is 0 Å². The van der Waals surface area contributed by atoms with Crippen molar-refractivity contribution >= 4 is 42.3 Å². The van der Waals surface area contributed by atoms with Crippen molar-refractivity contribution in [1.82, 2.24) is 10.3 Å². The lowest BCUT2D eigenvalue weighted by Crippen LogP contribution is -2.40. The summed E-state index contributed by atoms with van der Waals surface area (Å²) in [5.74, 6) is -0.461. The van der Waals surface area contributed by atoms with Gasteiger partial charge in [0, 0.05) is 36.2 Å². The summed E-state index contributed by atoms with van der Waals surface area (Å²) in [6.07, 6.45) is 6.03. The van der Waals surface area contributed by atoms with Crippen molar-refractivity contribution in [1.29, 1.82) is 0 Å². The fourth-order valence-corrected chi connectivity index (χ4v) is 2.41. The summed E-state index contributed by atoms with van der Waals surface area (Å²) in [4.78, 5) is 28.5. The standard InChI is InChI=1S/C19H24N4O2.2ClH/c1-2-3-8-17(12-20)23-18(24)14-6-4-9-16(11-14)22-19(25)15-7-5-10-21-13-15;;/h4-7,9-11,13,17H,2-3,8,12,20H2,1H3,(H,22,25)(H,23,24);2*1H. The van der Waals surface area contributed by atoms with Gasteiger partial charge in [0.25, 0.3) is 11.8 Å². The average Bonchev–Trinajstić information content (AvgIpc) is 2.65. The van der Waals surface area contributed by atoms with Crippen molar-refractivity contribution in [2.75, 3.05) is 11.9 Å². The molecule has 0 bridgehead atoms. The fourth-order valence-electron chi connectivity index (χ4n) is 2.41. The van der Waals surface area contributed by atoms with Crippen molar-refractivity contribution < 1.29 is 9.59 Å². The molecule has 1 aromatic carbocycles. The van der Waals surface area contributed by atoms with Crippen LogP contribution in [-0.4, -0.2) is 29.4 Å². The molecule has 0 aliphatic carbocycles. The molecule has 8 heteroatoms. The Hall–Kier alpha value is -2.15. The topological polar surface area (TPSA) is 97.1 Å². The van der Waals surface area contributed by atoms with Crippen molar-refractivity contribution in [2.45, 2.75) is 32.2 Å². The number of benzene rings is 1. The van der Waals surface area contributed by atoms with E-state index >= 15 is 0 Å². The third kappa shape index (κ3) is 7.95. The number of aromatic nitrogens is 1. The molecule has 0 aliphatic heterocycles. The van der Waals surface area contributed by atoms with Crippen molar-refractivity contribution in [2.24, 2.45) is 5.73 Å². The zero-order valence-corrected chi connectivity index (χ0v) is 16.8. The first-order valence-electron chi connectivity index (χ1n) is 8.46. The van der Waals surface area contributed by atoms with Crippen LogP contribution in [0.5, 0.6) is 0 Å². The summed E-state index contributed by atoms with van der Waals surface area (Å²) in [7, 11) is 0. The lowest BCUT2D eigenvalue weighted by atomic mass is 10.1. The molecule has 148 valence electrons. The quantitative estimate of drug-likeness (QED) is 0.618. The summed E-state index contributed by atoms with van der Waals surface area (Å²) in [5.41, 5.74) is 7.22. The third-order valence-corrected chi connectivity index (χ3v) is 3.83. The molecule has 0 spiro atoms. The summed E-state index contributed by atoms with van der Waals surface area (Å²) < 4.78 is 0. The number of pyridine rings is 1. The molecule has 0 aliphatic rings. The number of nitrogens with two attached hydrogens (primary N) is 1. The van der Waals surface area contributed by atoms with Crippen molar-refractivity contribution in [3.8, 4) is 0 Å². The van der Waals surface area contributed by atoms with Gasteiger partial charge in [-0.3, -0.25) is 14.6 Å². The van der Waals surface area contributed by atoms with E-state index in [1.165, 1.54) is 6.20 Å². The number of amides is 2. The monoisotopic (exact) mass is 412 g/mol. The highest BCUT2D eigenvalue weighted by molar-refractivity contribution is 6.04. The lowest BCUT2D eigenvalue weighted by molar-refractivity contribution is 0.0934. The first kappa shape index (κ1) is 24.8. The van der Waals surface area contributed by atoms with Gasteiger partial charge in [-0.05, 0) is 36.8 Å². The molecule has 2 rings (SSSR count). The van der Waals surface area contributed by atoms with Gasteiger partial charge in [-0.2, -0.15) is 0 Å². The van der Waals surface area contributed by atoms with E-state index in [4.69, 9.17) is 5.73 Å². The van der Waals surface area contributed by atoms with Crippen LogP contribution in [-0.2, 0) is 0 Å². The molecule has 6 nitrogen and oxygen atoms in total. The van der Waals surface area contributed by atoms with Gasteiger partial charge in [-0.25, -0.2) is 0 Å². The molecule has 1 aromatic heterocycles. The van der Waals surface area contributed by atoms with Gasteiger partial charge < -0.3 is 16.4 Å². The maximum Gasteiger partial charge on any atom is 0.257 e. The van der Waals surface area contributed by atoms with Gasteiger partial charge in [0.05, 0.1) is 5.56 Å². The van der Waals surface area contributed by atoms with E-state index in [2.05, 4.69) is 22.5 Å². The highest BCUT2D eigenvalue weighted by Crippen LogP contribution is 2.13. The number of hydrogen-bond donors (Lipinski definition) is 3. The van der Waals surface area contributed by atoms with E-state index in [9.17, 15) is 9.59 Å². The number of carbonyl (C=O) groups excluding carboxylic acids is 2. The van der Waals surface area contributed by atoms with Crippen LogP contribution in [0.25, 0.3) is 0 Å². The third-order valence-electron chi connectivity index (χ3n) is 3.83. The first-order chi connectivity index (χ1) is 12.1. The van der Waals surface area contributed by atoms with E-state index < -0.39 is 0 Å². The molecule has 0 saturated heterocycles. The van der Waals surface area contributed by atoms with Crippen molar-refractivity contribution in [3.63, 3.8) is 0 Å². The molecule has 1 heterocycles. The Kier molecular flexibility index (Phi) is 12.0. The predicted octanol–water partition coefficient (Wildman–Crippen LogP) is 3.42. The minimum absolute atomic E-state index is 0. The van der Waals surface area contributed by atoms with Crippen LogP contribution in [0.4, 0.5) is 5.69 Å². The predicted molar refractivity (Wildman–Crippen MR) is 113 cm³/mol. The van der Waals surface area contributed by atoms with Gasteiger partial charge in [-0.1, -0.05) is 25.8 Å². The van der Waals surface area contributed by atoms with Crippen LogP contribution in [0.2, 0.25) is 0 Å². The van der Waals surface area contributed by atoms with Crippen molar-refractivity contribution in [3.05, 3.63) is 59.9 Å². The normalized spacial score (nSPS) is 10.7. The average molecular weight is 413 g/mol. The highest BCUT2D eigenvalue weighted by atomic mass is 35.5. The maximum absolute atomic E-state index is 12.4. The van der Waals surface area contributed by atoms with Crippen LogP contribution in [0, 0.1) is 0 Å². The van der Waals surface area contributed by atoms with Gasteiger partial charge in [0.2, 0.25) is 0 Å². The number of rotatable bonds is 8. The molecule has 27 heavy (non-hydrogen) atoms. The molecule has 1 unspecified atom stereocenters. The summed E-state index contributed by atoms with van der Waals surface area (Å²) >= 11 is 0. The Balaban J connectivity index is 0.00000338. The second-order valence-electron chi connectivity index (χ2n) is 5.82. The van der Waals surface area contributed by atoms with E-state index in [1.54, 1.807) is 42.6 Å². The Bertz CT molecular complexity index is 714. The van der Waals surface area contributed by atoms with E-state index in [1.807, 2.05) is 0 Å². The molecule has 4 N–H and O–H groups in total. The number of nitrogens with zero attached hydrogens (tertiary/aromatic N) is 1. The zero-order chi connectivity index (χ0) is 18.1. The maximum atomic E-state index is 12.4. The summed E-state index contributed by atoms with van der Waals surface area (Å²) in [6.45, 7) is 2.51. The molecular weight excluding hydrogens is 387 g/mol. The molecule has 0 fully saturated rings. The minimum Gasteiger partial charge on any atom is -0.348 e. The Morgan fingerprint density at radius 1 is 1.11 bits per heavy atom. The Morgan fingerprint density at radius 2 is 1.85 bits per heavy atom. The molecule has 0 saturated carbocycles. The minimum atomic E-state index is -0.270. The molecule has 2 amide bonds. The number of halogens is 2. The molecule has 2 aromatic rings. The summed E-state index contributed by atoms with van der Waals surface area (Å²) in [5, 5.41) is 5.71. The summed E-state index contributed by atoms with van der Waals surface area (Å²) in [6, 6.07) is 10.2. The second kappa shape index (κ2) is 13.1. The number of hydrogen-bond acceptors (Lipinski definition) is 4. The Labute approximate surface area is 172 Å². The van der Waals surface area contributed by atoms with Crippen LogP contribution in [0.15, 0.2) is 48.8 Å². The first-order valence-corrected chi connectivity index (χ1v) is 8.46. The largest absolute Gasteiger partial charge is 0.348 e. The Morgan fingerprint density at radius 3 is 2.48 bits per heavy atom. The van der Waals surface area contributed by atoms with E-state index in [0.29, 0.717) is 23.4 Å². The highest BCUT2D eigenvalue weighted by Gasteiger charge is 2.13. The van der Waals surface area contributed by atoms with Gasteiger partial charge in [0.15, 0.2) is 0 Å². The smallest absolute Gasteiger partial charge is 0.257 e. The van der Waals surface area contributed by atoms with Crippen LogP contribution in [0.1, 0.15) is 46.9 Å². The second-order valence-corrected chi connectivity index (χ2v) is 5.82. The number of anilines is 1. The molecular formula is C19H26Cl2N4O2.